The molecule has 0 saturated heterocycles. The van der Waals surface area contributed by atoms with Gasteiger partial charge in [-0.15, -0.1) is 11.3 Å². The summed E-state index contributed by atoms with van der Waals surface area (Å²) in [5, 5.41) is 6.75. The molecule has 31 heavy (non-hydrogen) atoms. The molecular formula is C21H18Cl2N2O5S. The van der Waals surface area contributed by atoms with Crippen LogP contribution >= 0.6 is 34.5 Å². The molecular weight excluding hydrogens is 463 g/mol. The normalized spacial score (nSPS) is 11.6. The van der Waals surface area contributed by atoms with Gasteiger partial charge < -0.3 is 19.8 Å². The summed E-state index contributed by atoms with van der Waals surface area (Å²) in [7, 11) is 0. The number of ether oxygens (including phenoxy) is 1. The Bertz CT molecular complexity index is 1110. The summed E-state index contributed by atoms with van der Waals surface area (Å²) in [6.07, 6.45) is 1.39. The van der Waals surface area contributed by atoms with Crippen molar-refractivity contribution < 1.29 is 23.5 Å². The Morgan fingerprint density at radius 3 is 2.65 bits per heavy atom. The minimum Gasteiger partial charge on any atom is -0.459 e. The first-order valence-corrected chi connectivity index (χ1v) is 10.7. The monoisotopic (exact) mass is 480 g/mol. The van der Waals surface area contributed by atoms with E-state index in [0.717, 1.165) is 11.3 Å². The Kier molecular flexibility index (Phi) is 7.37. The molecule has 162 valence electrons. The molecule has 0 aliphatic rings. The number of hydrogen-bond donors (Lipinski definition) is 2. The van der Waals surface area contributed by atoms with E-state index in [4.69, 9.17) is 32.4 Å². The number of thiophene rings is 1. The van der Waals surface area contributed by atoms with Crippen molar-refractivity contribution in [3.63, 3.8) is 0 Å². The third-order valence-electron chi connectivity index (χ3n) is 4.23. The summed E-state index contributed by atoms with van der Waals surface area (Å²) < 4.78 is 10.2. The third kappa shape index (κ3) is 5.88. The minimum absolute atomic E-state index is 0.154. The zero-order valence-electron chi connectivity index (χ0n) is 16.5. The number of carbonyl (C=O) groups is 3. The van der Waals surface area contributed by atoms with E-state index in [1.165, 1.54) is 12.3 Å². The van der Waals surface area contributed by atoms with Crippen molar-refractivity contribution in [1.82, 2.24) is 5.32 Å². The number of rotatable bonds is 7. The van der Waals surface area contributed by atoms with Crippen LogP contribution in [-0.4, -0.2) is 24.4 Å². The van der Waals surface area contributed by atoms with Crippen LogP contribution in [0.1, 0.15) is 44.3 Å². The van der Waals surface area contributed by atoms with Gasteiger partial charge in [0.1, 0.15) is 4.88 Å². The molecule has 0 radical (unpaired) electrons. The first-order valence-electron chi connectivity index (χ1n) is 9.11. The lowest BCUT2D eigenvalue weighted by Gasteiger charge is -2.16. The lowest BCUT2D eigenvalue weighted by atomic mass is 10.1. The van der Waals surface area contributed by atoms with E-state index >= 15 is 0 Å². The number of halogens is 2. The summed E-state index contributed by atoms with van der Waals surface area (Å²) in [6.45, 7) is 3.01. The molecule has 0 fully saturated rings. The number of aryl methyl sites for hydroxylation is 1. The Morgan fingerprint density at radius 2 is 1.97 bits per heavy atom. The Labute approximate surface area is 192 Å². The summed E-state index contributed by atoms with van der Waals surface area (Å²) in [5.74, 6) is -1.41. The Balaban J connectivity index is 1.54. The lowest BCUT2D eigenvalue weighted by molar-refractivity contribution is -0.124. The molecule has 1 aromatic carbocycles. The van der Waals surface area contributed by atoms with Gasteiger partial charge in [0.15, 0.2) is 12.4 Å². The van der Waals surface area contributed by atoms with Crippen LogP contribution in [0, 0.1) is 6.92 Å². The number of benzene rings is 1. The molecule has 0 saturated carbocycles. The highest BCUT2D eigenvalue weighted by molar-refractivity contribution is 7.18. The van der Waals surface area contributed by atoms with Crippen LogP contribution in [0.5, 0.6) is 0 Å². The zero-order valence-corrected chi connectivity index (χ0v) is 18.9. The minimum atomic E-state index is -0.659. The molecule has 7 nitrogen and oxygen atoms in total. The van der Waals surface area contributed by atoms with Gasteiger partial charge in [0, 0.05) is 10.0 Å². The van der Waals surface area contributed by atoms with Gasteiger partial charge in [-0.05, 0) is 55.3 Å². The highest BCUT2D eigenvalue weighted by Gasteiger charge is 2.19. The molecule has 0 spiro atoms. The van der Waals surface area contributed by atoms with E-state index in [0.29, 0.717) is 26.2 Å². The molecule has 0 aliphatic heterocycles. The Hall–Kier alpha value is -2.81. The number of carbonyl (C=O) groups excluding carboxylic acids is 3. The van der Waals surface area contributed by atoms with Crippen molar-refractivity contribution in [2.45, 2.75) is 19.9 Å². The van der Waals surface area contributed by atoms with E-state index in [1.54, 1.807) is 44.2 Å². The predicted molar refractivity (Wildman–Crippen MR) is 119 cm³/mol. The number of nitrogens with one attached hydrogen (secondary N) is 2. The molecule has 0 bridgehead atoms. The molecule has 2 N–H and O–H groups in total. The number of anilines is 1. The average molecular weight is 481 g/mol. The summed E-state index contributed by atoms with van der Waals surface area (Å²) in [5.41, 5.74) is 1.31. The highest BCUT2D eigenvalue weighted by Crippen LogP contribution is 2.28. The summed E-state index contributed by atoms with van der Waals surface area (Å²) in [4.78, 5) is 36.9. The number of esters is 1. The molecule has 1 atom stereocenters. The SMILES string of the molecule is Cc1cc(NC(=O)c2ccco2)sc1C(=O)OCC(=O)NC(C)c1ccc(Cl)cc1Cl. The van der Waals surface area contributed by atoms with E-state index in [9.17, 15) is 14.4 Å². The molecule has 10 heteroatoms. The van der Waals surface area contributed by atoms with Crippen LogP contribution in [0.25, 0.3) is 0 Å². The standard InChI is InChI=1S/C21H18Cl2N2O5S/c1-11-8-18(25-20(27)16-4-3-7-29-16)31-19(11)21(28)30-10-17(26)24-12(2)14-6-5-13(22)9-15(14)23/h3-9,12H,10H2,1-2H3,(H,24,26)(H,25,27). The van der Waals surface area contributed by atoms with E-state index in [-0.39, 0.29) is 10.6 Å². The maximum atomic E-state index is 12.4. The van der Waals surface area contributed by atoms with E-state index in [1.807, 2.05) is 0 Å². The van der Waals surface area contributed by atoms with Crippen molar-refractivity contribution in [3.05, 3.63) is 74.5 Å². The van der Waals surface area contributed by atoms with Crippen molar-refractivity contribution in [1.29, 1.82) is 0 Å². The molecule has 3 aromatic rings. The van der Waals surface area contributed by atoms with Crippen LogP contribution < -0.4 is 10.6 Å². The third-order valence-corrected chi connectivity index (χ3v) is 5.92. The van der Waals surface area contributed by atoms with Crippen LogP contribution in [0.15, 0.2) is 47.1 Å². The Morgan fingerprint density at radius 1 is 1.19 bits per heavy atom. The fourth-order valence-corrected chi connectivity index (χ4v) is 4.27. The van der Waals surface area contributed by atoms with Gasteiger partial charge in [0.05, 0.1) is 17.3 Å². The molecule has 0 aliphatic carbocycles. The van der Waals surface area contributed by atoms with Gasteiger partial charge >= 0.3 is 5.97 Å². The largest absolute Gasteiger partial charge is 0.459 e. The number of amides is 2. The van der Waals surface area contributed by atoms with Gasteiger partial charge in [-0.1, -0.05) is 29.3 Å². The molecule has 1 unspecified atom stereocenters. The topological polar surface area (TPSA) is 97.6 Å². The van der Waals surface area contributed by atoms with E-state index < -0.39 is 30.4 Å². The van der Waals surface area contributed by atoms with Gasteiger partial charge in [-0.2, -0.15) is 0 Å². The second-order valence-corrected chi connectivity index (χ2v) is 8.48. The van der Waals surface area contributed by atoms with Gasteiger partial charge in [0.2, 0.25) is 0 Å². The molecule has 2 amide bonds. The van der Waals surface area contributed by atoms with Gasteiger partial charge in [0.25, 0.3) is 11.8 Å². The average Bonchev–Trinajstić information content (AvgIpc) is 3.36. The van der Waals surface area contributed by atoms with Crippen molar-refractivity contribution in [2.24, 2.45) is 0 Å². The summed E-state index contributed by atoms with van der Waals surface area (Å²) >= 11 is 13.1. The summed E-state index contributed by atoms with van der Waals surface area (Å²) in [6, 6.07) is 9.35. The van der Waals surface area contributed by atoms with Crippen LogP contribution in [0.4, 0.5) is 5.00 Å². The van der Waals surface area contributed by atoms with Crippen LogP contribution in [0.2, 0.25) is 10.0 Å². The second-order valence-electron chi connectivity index (χ2n) is 6.59. The van der Waals surface area contributed by atoms with E-state index in [2.05, 4.69) is 10.6 Å². The van der Waals surface area contributed by atoms with Crippen molar-refractivity contribution in [2.75, 3.05) is 11.9 Å². The first-order chi connectivity index (χ1) is 14.7. The van der Waals surface area contributed by atoms with Gasteiger partial charge in [-0.3, -0.25) is 9.59 Å². The number of hydrogen-bond acceptors (Lipinski definition) is 6. The predicted octanol–water partition coefficient (Wildman–Crippen LogP) is 5.24. The molecule has 3 rings (SSSR count). The highest BCUT2D eigenvalue weighted by atomic mass is 35.5. The maximum absolute atomic E-state index is 12.4. The van der Waals surface area contributed by atoms with Crippen LogP contribution in [-0.2, 0) is 9.53 Å². The zero-order chi connectivity index (χ0) is 22.5. The first kappa shape index (κ1) is 22.9. The quantitative estimate of drug-likeness (QED) is 0.450. The maximum Gasteiger partial charge on any atom is 0.349 e. The molecule has 2 heterocycles. The molecule has 2 aromatic heterocycles. The fourth-order valence-electron chi connectivity index (χ4n) is 2.74. The smallest absolute Gasteiger partial charge is 0.349 e. The fraction of sp³-hybridized carbons (Fsp3) is 0.190. The van der Waals surface area contributed by atoms with Crippen LogP contribution in [0.3, 0.4) is 0 Å². The van der Waals surface area contributed by atoms with Gasteiger partial charge in [-0.25, -0.2) is 4.79 Å². The van der Waals surface area contributed by atoms with Crippen molar-refractivity contribution >= 4 is 57.3 Å². The second kappa shape index (κ2) is 10.00. The van der Waals surface area contributed by atoms with Crippen molar-refractivity contribution in [3.8, 4) is 0 Å². The lowest BCUT2D eigenvalue weighted by Crippen LogP contribution is -2.31. The number of furan rings is 1.